The summed E-state index contributed by atoms with van der Waals surface area (Å²) < 4.78 is 27.4. The second kappa shape index (κ2) is 7.77. The van der Waals surface area contributed by atoms with Gasteiger partial charge in [0, 0.05) is 16.8 Å². The lowest BCUT2D eigenvalue weighted by molar-refractivity contribution is 0.0692. The highest BCUT2D eigenvalue weighted by Gasteiger charge is 2.21. The minimum atomic E-state index is -4.02. The largest absolute Gasteiger partial charge is 0.478 e. The van der Waals surface area contributed by atoms with Crippen LogP contribution in [-0.4, -0.2) is 19.5 Å². The van der Waals surface area contributed by atoms with Crippen molar-refractivity contribution in [3.05, 3.63) is 95.6 Å². The molecule has 0 saturated heterocycles. The van der Waals surface area contributed by atoms with E-state index in [0.29, 0.717) is 5.69 Å². The molecular weight excluding hydrogens is 362 g/mol. The summed E-state index contributed by atoms with van der Waals surface area (Å²) in [6, 6.07) is 21.5. The highest BCUT2D eigenvalue weighted by Crippen LogP contribution is 2.20. The minimum Gasteiger partial charge on any atom is -0.478 e. The topological polar surface area (TPSA) is 83.5 Å². The van der Waals surface area contributed by atoms with Gasteiger partial charge in [-0.25, -0.2) is 13.2 Å². The molecule has 2 N–H and O–H groups in total. The smallest absolute Gasteiger partial charge is 0.337 e. The number of nitrogens with one attached hydrogen (secondary N) is 1. The zero-order valence-electron chi connectivity index (χ0n) is 14.1. The van der Waals surface area contributed by atoms with Crippen molar-refractivity contribution in [3.63, 3.8) is 0 Å². The van der Waals surface area contributed by atoms with Gasteiger partial charge in [0.2, 0.25) is 0 Å². The van der Waals surface area contributed by atoms with Crippen molar-refractivity contribution in [2.45, 2.75) is 4.90 Å². The molecule has 3 aromatic rings. The van der Waals surface area contributed by atoms with Gasteiger partial charge in [-0.1, -0.05) is 42.2 Å². The summed E-state index contributed by atoms with van der Waals surface area (Å²) in [4.78, 5) is 11.0. The molecule has 0 spiro atoms. The Morgan fingerprint density at radius 2 is 1.33 bits per heavy atom. The van der Waals surface area contributed by atoms with Crippen molar-refractivity contribution in [2.24, 2.45) is 0 Å². The van der Waals surface area contributed by atoms with Gasteiger partial charge in [0.25, 0.3) is 10.0 Å². The van der Waals surface area contributed by atoms with Gasteiger partial charge >= 0.3 is 5.97 Å². The fourth-order valence-electron chi connectivity index (χ4n) is 2.38. The number of carboxylic acid groups (broad SMARTS) is 1. The Bertz CT molecular complexity index is 1130. The van der Waals surface area contributed by atoms with Crippen molar-refractivity contribution in [1.82, 2.24) is 0 Å². The number of anilines is 1. The Hall–Kier alpha value is -3.56. The Kier molecular flexibility index (Phi) is 5.25. The average Bonchev–Trinajstić information content (AvgIpc) is 2.68. The monoisotopic (exact) mass is 377 g/mol. The van der Waals surface area contributed by atoms with Crippen LogP contribution in [0.3, 0.4) is 0 Å². The van der Waals surface area contributed by atoms with Crippen molar-refractivity contribution in [1.29, 1.82) is 0 Å². The van der Waals surface area contributed by atoms with Gasteiger partial charge in [-0.15, -0.1) is 0 Å². The van der Waals surface area contributed by atoms with E-state index in [1.54, 1.807) is 24.3 Å². The summed E-state index contributed by atoms with van der Waals surface area (Å²) in [6.45, 7) is 0. The zero-order chi connectivity index (χ0) is 19.3. The summed E-state index contributed by atoms with van der Waals surface area (Å²) in [7, 11) is -4.02. The number of aromatic carboxylic acids is 1. The van der Waals surface area contributed by atoms with Crippen LogP contribution in [0.4, 0.5) is 5.69 Å². The molecular formula is C21H15NO4S. The van der Waals surface area contributed by atoms with Gasteiger partial charge in [-0.2, -0.15) is 0 Å². The standard InChI is InChI=1S/C21H15NO4S/c23-21(24)19-8-4-5-9-20(19)27(25,26)22-18-14-12-17(13-15-18)11-10-16-6-2-1-3-7-16/h1-9,12-15,22H,(H,23,24). The number of benzene rings is 3. The Morgan fingerprint density at radius 1 is 0.778 bits per heavy atom. The van der Waals surface area contributed by atoms with Crippen LogP contribution < -0.4 is 4.72 Å². The van der Waals surface area contributed by atoms with Gasteiger partial charge in [-0.05, 0) is 48.5 Å². The normalized spacial score (nSPS) is 10.5. The van der Waals surface area contributed by atoms with E-state index in [4.69, 9.17) is 0 Å². The van der Waals surface area contributed by atoms with Gasteiger partial charge in [-0.3, -0.25) is 4.72 Å². The molecule has 0 amide bonds. The van der Waals surface area contributed by atoms with Crippen molar-refractivity contribution in [3.8, 4) is 11.8 Å². The molecule has 0 aromatic heterocycles. The minimum absolute atomic E-state index is 0.282. The zero-order valence-corrected chi connectivity index (χ0v) is 14.9. The van der Waals surface area contributed by atoms with E-state index >= 15 is 0 Å². The van der Waals surface area contributed by atoms with E-state index in [9.17, 15) is 18.3 Å². The molecule has 0 bridgehead atoms. The first-order valence-corrected chi connectivity index (χ1v) is 9.46. The maximum atomic E-state index is 12.5. The number of carbonyl (C=O) groups is 1. The third-order valence-electron chi connectivity index (χ3n) is 3.67. The highest BCUT2D eigenvalue weighted by atomic mass is 32.2. The summed E-state index contributed by atoms with van der Waals surface area (Å²) in [5.74, 6) is 4.72. The number of hydrogen-bond acceptors (Lipinski definition) is 3. The molecule has 0 aliphatic heterocycles. The SMILES string of the molecule is O=C(O)c1ccccc1S(=O)(=O)Nc1ccc(C#Cc2ccccc2)cc1. The molecule has 0 unspecified atom stereocenters. The molecule has 0 heterocycles. The van der Waals surface area contributed by atoms with E-state index < -0.39 is 16.0 Å². The van der Waals surface area contributed by atoms with E-state index in [0.717, 1.165) is 11.1 Å². The fraction of sp³-hybridized carbons (Fsp3) is 0. The Labute approximate surface area is 157 Å². The lowest BCUT2D eigenvalue weighted by Gasteiger charge is -2.10. The molecule has 0 aliphatic carbocycles. The van der Waals surface area contributed by atoms with Crippen molar-refractivity contribution in [2.75, 3.05) is 4.72 Å². The number of carboxylic acids is 1. The molecule has 5 nitrogen and oxygen atoms in total. The van der Waals surface area contributed by atoms with Crippen LogP contribution in [0.5, 0.6) is 0 Å². The number of sulfonamides is 1. The summed E-state index contributed by atoms with van der Waals surface area (Å²) in [5.41, 5.74) is 1.65. The van der Waals surface area contributed by atoms with Gasteiger partial charge in [0.15, 0.2) is 0 Å². The van der Waals surface area contributed by atoms with Gasteiger partial charge in [0.05, 0.1) is 5.56 Å². The molecule has 6 heteroatoms. The molecule has 0 fully saturated rings. The first-order chi connectivity index (χ1) is 13.0. The maximum Gasteiger partial charge on any atom is 0.337 e. The Balaban J connectivity index is 1.81. The average molecular weight is 377 g/mol. The predicted molar refractivity (Wildman–Crippen MR) is 103 cm³/mol. The van der Waals surface area contributed by atoms with Gasteiger partial charge in [0.1, 0.15) is 4.90 Å². The maximum absolute atomic E-state index is 12.5. The van der Waals surface area contributed by atoms with Crippen LogP contribution in [0.1, 0.15) is 21.5 Å². The van der Waals surface area contributed by atoms with E-state index in [2.05, 4.69) is 16.6 Å². The van der Waals surface area contributed by atoms with Crippen LogP contribution in [0.25, 0.3) is 0 Å². The molecule has 3 rings (SSSR count). The summed E-state index contributed by atoms with van der Waals surface area (Å²) in [5, 5.41) is 9.18. The number of hydrogen-bond donors (Lipinski definition) is 2. The molecule has 27 heavy (non-hydrogen) atoms. The molecule has 0 saturated carbocycles. The molecule has 0 radical (unpaired) electrons. The van der Waals surface area contributed by atoms with Crippen molar-refractivity contribution >= 4 is 21.7 Å². The predicted octanol–water partition coefficient (Wildman–Crippen LogP) is 3.59. The van der Waals surface area contributed by atoms with Crippen molar-refractivity contribution < 1.29 is 18.3 Å². The second-order valence-electron chi connectivity index (χ2n) is 5.60. The Morgan fingerprint density at radius 3 is 1.96 bits per heavy atom. The third-order valence-corrected chi connectivity index (χ3v) is 5.11. The lowest BCUT2D eigenvalue weighted by Crippen LogP contribution is -2.16. The molecule has 0 atom stereocenters. The van der Waals surface area contributed by atoms with Gasteiger partial charge < -0.3 is 5.11 Å². The summed E-state index contributed by atoms with van der Waals surface area (Å²) >= 11 is 0. The van der Waals surface area contributed by atoms with E-state index in [1.807, 2.05) is 30.3 Å². The lowest BCUT2D eigenvalue weighted by atomic mass is 10.2. The molecule has 3 aromatic carbocycles. The van der Waals surface area contributed by atoms with Crippen LogP contribution in [0.2, 0.25) is 0 Å². The first-order valence-electron chi connectivity index (χ1n) is 7.98. The van der Waals surface area contributed by atoms with Crippen LogP contribution in [0, 0.1) is 11.8 Å². The highest BCUT2D eigenvalue weighted by molar-refractivity contribution is 7.92. The summed E-state index contributed by atoms with van der Waals surface area (Å²) in [6.07, 6.45) is 0. The quantitative estimate of drug-likeness (QED) is 0.681. The van der Waals surface area contributed by atoms with Crippen LogP contribution in [-0.2, 0) is 10.0 Å². The molecule has 0 aliphatic rings. The first kappa shape index (κ1) is 18.2. The number of rotatable bonds is 4. The second-order valence-corrected chi connectivity index (χ2v) is 7.25. The van der Waals surface area contributed by atoms with Crippen LogP contribution in [0.15, 0.2) is 83.8 Å². The fourth-order valence-corrected chi connectivity index (χ4v) is 3.63. The van der Waals surface area contributed by atoms with E-state index in [-0.39, 0.29) is 10.5 Å². The van der Waals surface area contributed by atoms with Crippen LogP contribution >= 0.6 is 0 Å². The van der Waals surface area contributed by atoms with E-state index in [1.165, 1.54) is 24.3 Å². The third kappa shape index (κ3) is 4.54. The molecule has 134 valence electrons.